The predicted octanol–water partition coefficient (Wildman–Crippen LogP) is 0.900. The average molecular weight is 266 g/mol. The maximum Gasteiger partial charge on any atom is 0.240 e. The Hall–Kier alpha value is -1.73. The van der Waals surface area contributed by atoms with Crippen LogP contribution in [0.25, 0.3) is 0 Å². The molecule has 0 spiro atoms. The van der Waals surface area contributed by atoms with Crippen molar-refractivity contribution in [1.29, 1.82) is 0 Å². The first-order valence-electron chi connectivity index (χ1n) is 5.40. The molecule has 1 aromatic heterocycles. The van der Waals surface area contributed by atoms with E-state index < -0.39 is 10.0 Å². The van der Waals surface area contributed by atoms with Crippen LogP contribution in [-0.2, 0) is 16.6 Å². The third-order valence-corrected chi connectivity index (χ3v) is 4.08. The Morgan fingerprint density at radius 2 is 2.06 bits per heavy atom. The van der Waals surface area contributed by atoms with E-state index in [2.05, 4.69) is 19.9 Å². The molecule has 0 saturated carbocycles. The summed E-state index contributed by atoms with van der Waals surface area (Å²) in [5.74, 6) is 0.474. The maximum atomic E-state index is 12.0. The number of rotatable bonds is 4. The molecule has 0 aliphatic heterocycles. The normalized spacial score (nSPS) is 11.7. The number of hydrogen-bond acceptors (Lipinski definition) is 4. The Morgan fingerprint density at radius 1 is 1.28 bits per heavy atom. The maximum absolute atomic E-state index is 12.0. The molecule has 1 aromatic carbocycles. The zero-order valence-corrected chi connectivity index (χ0v) is 11.0. The number of H-pyrrole nitrogens is 1. The predicted molar refractivity (Wildman–Crippen MR) is 66.3 cm³/mol. The van der Waals surface area contributed by atoms with E-state index in [-0.39, 0.29) is 11.4 Å². The molecule has 0 amide bonds. The molecule has 0 aliphatic rings. The summed E-state index contributed by atoms with van der Waals surface area (Å²) in [4.78, 5) is 4.11. The van der Waals surface area contributed by atoms with E-state index in [1.54, 1.807) is 18.2 Å². The monoisotopic (exact) mass is 266 g/mol. The van der Waals surface area contributed by atoms with Gasteiger partial charge in [-0.3, -0.25) is 5.10 Å². The zero-order valence-electron chi connectivity index (χ0n) is 10.1. The number of benzene rings is 1. The van der Waals surface area contributed by atoms with E-state index in [4.69, 9.17) is 0 Å². The van der Waals surface area contributed by atoms with Crippen molar-refractivity contribution in [3.63, 3.8) is 0 Å². The number of hydrogen-bond donors (Lipinski definition) is 2. The first kappa shape index (κ1) is 12.7. The summed E-state index contributed by atoms with van der Waals surface area (Å²) in [6, 6.07) is 5.03. The molecule has 0 fully saturated rings. The molecule has 0 radical (unpaired) electrons. The molecule has 0 aliphatic carbocycles. The van der Waals surface area contributed by atoms with Gasteiger partial charge in [-0.25, -0.2) is 18.1 Å². The van der Waals surface area contributed by atoms with Crippen LogP contribution in [0.4, 0.5) is 0 Å². The summed E-state index contributed by atoms with van der Waals surface area (Å²) in [5, 5.41) is 6.24. The number of aromatic amines is 1. The van der Waals surface area contributed by atoms with E-state index in [0.717, 1.165) is 11.1 Å². The van der Waals surface area contributed by atoms with Gasteiger partial charge in [0.1, 0.15) is 12.2 Å². The molecule has 18 heavy (non-hydrogen) atoms. The summed E-state index contributed by atoms with van der Waals surface area (Å²) in [6.45, 7) is 3.91. The molecular formula is C11H14N4O2S. The fourth-order valence-corrected chi connectivity index (χ4v) is 2.52. The Morgan fingerprint density at radius 3 is 2.67 bits per heavy atom. The van der Waals surface area contributed by atoms with Crippen LogP contribution in [0.15, 0.2) is 29.4 Å². The van der Waals surface area contributed by atoms with Gasteiger partial charge in [0.15, 0.2) is 0 Å². The fourth-order valence-electron chi connectivity index (χ4n) is 1.44. The molecule has 0 unspecified atom stereocenters. The number of nitrogens with zero attached hydrogens (tertiary/aromatic N) is 2. The Labute approximate surface area is 106 Å². The highest BCUT2D eigenvalue weighted by molar-refractivity contribution is 7.89. The van der Waals surface area contributed by atoms with Crippen LogP contribution in [-0.4, -0.2) is 23.6 Å². The van der Waals surface area contributed by atoms with Crippen molar-refractivity contribution in [3.05, 3.63) is 41.5 Å². The molecule has 0 atom stereocenters. The van der Waals surface area contributed by atoms with Crippen LogP contribution in [0.1, 0.15) is 17.0 Å². The van der Waals surface area contributed by atoms with Gasteiger partial charge in [0.05, 0.1) is 11.4 Å². The van der Waals surface area contributed by atoms with Crippen molar-refractivity contribution in [2.45, 2.75) is 25.3 Å². The standard InChI is InChI=1S/C11H14N4O2S/c1-8-3-4-10(5-9(8)2)18(16,17)14-6-11-12-7-13-15-11/h3-5,7,14H,6H2,1-2H3,(H,12,13,15). The minimum absolute atomic E-state index is 0.0925. The second-order valence-electron chi connectivity index (χ2n) is 4.00. The summed E-state index contributed by atoms with van der Waals surface area (Å²) in [7, 11) is -3.51. The van der Waals surface area contributed by atoms with Crippen molar-refractivity contribution < 1.29 is 8.42 Å². The lowest BCUT2D eigenvalue weighted by Gasteiger charge is -2.07. The van der Waals surface area contributed by atoms with E-state index >= 15 is 0 Å². The van der Waals surface area contributed by atoms with Gasteiger partial charge in [-0.05, 0) is 37.1 Å². The summed E-state index contributed by atoms with van der Waals surface area (Å²) in [6.07, 6.45) is 1.33. The molecule has 2 rings (SSSR count). The molecule has 1 heterocycles. The summed E-state index contributed by atoms with van der Waals surface area (Å²) < 4.78 is 26.5. The first-order chi connectivity index (χ1) is 8.49. The Bertz CT molecular complexity index is 635. The number of aromatic nitrogens is 3. The second kappa shape index (κ2) is 4.87. The van der Waals surface area contributed by atoms with Crippen LogP contribution >= 0.6 is 0 Å². The molecule has 2 N–H and O–H groups in total. The quantitative estimate of drug-likeness (QED) is 0.860. The zero-order chi connectivity index (χ0) is 13.2. The van der Waals surface area contributed by atoms with E-state index in [1.165, 1.54) is 6.33 Å². The van der Waals surface area contributed by atoms with Crippen molar-refractivity contribution >= 4 is 10.0 Å². The summed E-state index contributed by atoms with van der Waals surface area (Å²) in [5.41, 5.74) is 2.00. The fraction of sp³-hybridized carbons (Fsp3) is 0.273. The molecule has 7 heteroatoms. The SMILES string of the molecule is Cc1ccc(S(=O)(=O)NCc2ncn[nH]2)cc1C. The van der Waals surface area contributed by atoms with E-state index in [0.29, 0.717) is 5.82 Å². The van der Waals surface area contributed by atoms with E-state index in [9.17, 15) is 8.42 Å². The highest BCUT2D eigenvalue weighted by Crippen LogP contribution is 2.14. The Balaban J connectivity index is 2.17. The lowest BCUT2D eigenvalue weighted by molar-refractivity contribution is 0.579. The lowest BCUT2D eigenvalue weighted by atomic mass is 10.1. The van der Waals surface area contributed by atoms with Crippen LogP contribution in [0.3, 0.4) is 0 Å². The second-order valence-corrected chi connectivity index (χ2v) is 5.77. The van der Waals surface area contributed by atoms with Crippen LogP contribution in [0, 0.1) is 13.8 Å². The molecule has 96 valence electrons. The van der Waals surface area contributed by atoms with Crippen LogP contribution < -0.4 is 4.72 Å². The van der Waals surface area contributed by atoms with Crippen LogP contribution in [0.5, 0.6) is 0 Å². The number of aryl methyl sites for hydroxylation is 2. The third-order valence-electron chi connectivity index (χ3n) is 2.68. The van der Waals surface area contributed by atoms with Gasteiger partial charge in [0.25, 0.3) is 0 Å². The largest absolute Gasteiger partial charge is 0.262 e. The van der Waals surface area contributed by atoms with Crippen molar-refractivity contribution in [2.75, 3.05) is 0 Å². The van der Waals surface area contributed by atoms with Gasteiger partial charge in [0, 0.05) is 0 Å². The minimum atomic E-state index is -3.51. The highest BCUT2D eigenvalue weighted by atomic mass is 32.2. The van der Waals surface area contributed by atoms with E-state index in [1.807, 2.05) is 13.8 Å². The molecular weight excluding hydrogens is 252 g/mol. The van der Waals surface area contributed by atoms with Gasteiger partial charge in [-0.2, -0.15) is 5.10 Å². The molecule has 6 nitrogen and oxygen atoms in total. The molecule has 0 saturated heterocycles. The van der Waals surface area contributed by atoms with Crippen molar-refractivity contribution in [3.8, 4) is 0 Å². The van der Waals surface area contributed by atoms with Gasteiger partial charge in [-0.1, -0.05) is 6.07 Å². The third kappa shape index (κ3) is 2.74. The number of nitrogens with one attached hydrogen (secondary N) is 2. The highest BCUT2D eigenvalue weighted by Gasteiger charge is 2.14. The smallest absolute Gasteiger partial charge is 0.240 e. The first-order valence-corrected chi connectivity index (χ1v) is 6.88. The average Bonchev–Trinajstić information content (AvgIpc) is 2.83. The minimum Gasteiger partial charge on any atom is -0.262 e. The topological polar surface area (TPSA) is 87.7 Å². The number of sulfonamides is 1. The summed E-state index contributed by atoms with van der Waals surface area (Å²) >= 11 is 0. The molecule has 2 aromatic rings. The van der Waals surface area contributed by atoms with Crippen molar-refractivity contribution in [2.24, 2.45) is 0 Å². The van der Waals surface area contributed by atoms with Gasteiger partial charge in [-0.15, -0.1) is 0 Å². The molecule has 0 bridgehead atoms. The van der Waals surface area contributed by atoms with Gasteiger partial charge < -0.3 is 0 Å². The van der Waals surface area contributed by atoms with Gasteiger partial charge >= 0.3 is 0 Å². The van der Waals surface area contributed by atoms with Gasteiger partial charge in [0.2, 0.25) is 10.0 Å². The van der Waals surface area contributed by atoms with Crippen molar-refractivity contribution in [1.82, 2.24) is 19.9 Å². The Kier molecular flexibility index (Phi) is 3.44. The lowest BCUT2D eigenvalue weighted by Crippen LogP contribution is -2.24. The van der Waals surface area contributed by atoms with Crippen LogP contribution in [0.2, 0.25) is 0 Å².